The lowest BCUT2D eigenvalue weighted by molar-refractivity contribution is -0.133. The number of likely N-dealkylation sites (tertiary alicyclic amines) is 2. The number of fused-ring (bicyclic) bond motifs is 2. The van der Waals surface area contributed by atoms with Crippen molar-refractivity contribution in [3.8, 4) is 5.75 Å². The van der Waals surface area contributed by atoms with E-state index in [9.17, 15) is 19.1 Å². The number of rotatable bonds is 5. The minimum Gasteiger partial charge on any atom is -0.506 e. The van der Waals surface area contributed by atoms with E-state index in [-0.39, 0.29) is 46.4 Å². The lowest BCUT2D eigenvalue weighted by atomic mass is 10.1. The number of amides is 2. The van der Waals surface area contributed by atoms with Crippen LogP contribution in [-0.2, 0) is 9.59 Å². The maximum absolute atomic E-state index is 13.6. The molecule has 0 unspecified atom stereocenters. The van der Waals surface area contributed by atoms with E-state index < -0.39 is 0 Å². The van der Waals surface area contributed by atoms with Crippen molar-refractivity contribution in [2.45, 2.75) is 24.9 Å². The van der Waals surface area contributed by atoms with Crippen LogP contribution in [0.4, 0.5) is 15.8 Å². The second-order valence-corrected chi connectivity index (χ2v) is 9.51. The zero-order chi connectivity index (χ0) is 23.1. The van der Waals surface area contributed by atoms with Crippen LogP contribution in [0.2, 0.25) is 5.02 Å². The Balaban J connectivity index is 1.12. The first-order valence-corrected chi connectivity index (χ1v) is 11.6. The molecule has 0 radical (unpaired) electrons. The van der Waals surface area contributed by atoms with Gasteiger partial charge in [-0.3, -0.25) is 14.5 Å². The summed E-state index contributed by atoms with van der Waals surface area (Å²) in [5.41, 5.74) is 1.41. The monoisotopic (exact) mass is 472 g/mol. The van der Waals surface area contributed by atoms with Gasteiger partial charge < -0.3 is 20.2 Å². The Morgan fingerprint density at radius 1 is 1.12 bits per heavy atom. The summed E-state index contributed by atoms with van der Waals surface area (Å²) < 4.78 is 13.6. The summed E-state index contributed by atoms with van der Waals surface area (Å²) in [5, 5.41) is 12.5. The summed E-state index contributed by atoms with van der Waals surface area (Å²) in [6.07, 6.45) is 1.59. The van der Waals surface area contributed by atoms with E-state index in [1.807, 2.05) is 15.9 Å². The minimum absolute atomic E-state index is 0.0325. The first-order valence-electron chi connectivity index (χ1n) is 11.2. The smallest absolute Gasteiger partial charge is 0.237 e. The first-order chi connectivity index (χ1) is 15.9. The number of aromatic hydroxyl groups is 1. The molecule has 0 spiro atoms. The Bertz CT molecular complexity index is 1080. The summed E-state index contributed by atoms with van der Waals surface area (Å²) in [7, 11) is 0. The number of halogens is 2. The van der Waals surface area contributed by atoms with Crippen LogP contribution in [0.5, 0.6) is 5.75 Å². The van der Waals surface area contributed by atoms with Crippen LogP contribution in [0.1, 0.15) is 12.8 Å². The molecule has 0 aliphatic carbocycles. The van der Waals surface area contributed by atoms with Gasteiger partial charge in [0.2, 0.25) is 11.8 Å². The lowest BCUT2D eigenvalue weighted by Gasteiger charge is -2.36. The highest BCUT2D eigenvalue weighted by Crippen LogP contribution is 2.35. The number of hydrogen-bond donors (Lipinski definition) is 2. The second-order valence-electron chi connectivity index (χ2n) is 9.10. The number of hydrogen-bond acceptors (Lipinski definition) is 5. The molecule has 0 aromatic heterocycles. The summed E-state index contributed by atoms with van der Waals surface area (Å²) in [6, 6.07) is 11.5. The van der Waals surface area contributed by atoms with Crippen LogP contribution in [0.15, 0.2) is 42.5 Å². The van der Waals surface area contributed by atoms with Gasteiger partial charge in [0.05, 0.1) is 23.5 Å². The number of carbonyl (C=O) groups is 2. The van der Waals surface area contributed by atoms with E-state index in [2.05, 4.69) is 10.2 Å². The number of piperazine rings is 1. The number of nitrogens with zero attached hydrogens (tertiary/aromatic N) is 3. The Morgan fingerprint density at radius 3 is 2.70 bits per heavy atom. The molecule has 3 saturated heterocycles. The molecule has 3 atom stereocenters. The van der Waals surface area contributed by atoms with Gasteiger partial charge >= 0.3 is 0 Å². The number of nitrogens with one attached hydrogen (secondary N) is 1. The third kappa shape index (κ3) is 4.50. The van der Waals surface area contributed by atoms with Crippen molar-refractivity contribution in [3.05, 3.63) is 53.3 Å². The van der Waals surface area contributed by atoms with Crippen LogP contribution in [-0.4, -0.2) is 71.5 Å². The van der Waals surface area contributed by atoms with Crippen LogP contribution < -0.4 is 10.2 Å². The molecular weight excluding hydrogens is 447 g/mol. The molecule has 3 heterocycles. The lowest BCUT2D eigenvalue weighted by Crippen LogP contribution is -2.51. The Hall–Kier alpha value is -2.84. The summed E-state index contributed by atoms with van der Waals surface area (Å²) in [5.74, 6) is -0.506. The minimum atomic E-state index is -0.246. The van der Waals surface area contributed by atoms with E-state index >= 15 is 0 Å². The molecule has 9 heteroatoms. The molecule has 3 aliphatic rings. The average molecular weight is 473 g/mol. The van der Waals surface area contributed by atoms with Crippen molar-refractivity contribution in [2.75, 3.05) is 42.9 Å². The van der Waals surface area contributed by atoms with Crippen molar-refractivity contribution in [2.24, 2.45) is 5.92 Å². The second kappa shape index (κ2) is 8.83. The van der Waals surface area contributed by atoms with E-state index in [1.54, 1.807) is 18.2 Å². The van der Waals surface area contributed by atoms with E-state index in [0.717, 1.165) is 18.7 Å². The van der Waals surface area contributed by atoms with Gasteiger partial charge in [0, 0.05) is 37.1 Å². The highest BCUT2D eigenvalue weighted by molar-refractivity contribution is 6.32. The molecule has 2 bridgehead atoms. The fraction of sp³-hybridized carbons (Fsp3) is 0.417. The molecule has 174 valence electrons. The molecule has 2 aromatic rings. The largest absolute Gasteiger partial charge is 0.506 e. The van der Waals surface area contributed by atoms with Gasteiger partial charge in [-0.1, -0.05) is 17.7 Å². The van der Waals surface area contributed by atoms with Crippen LogP contribution in [0.25, 0.3) is 0 Å². The van der Waals surface area contributed by atoms with Gasteiger partial charge in [0.25, 0.3) is 0 Å². The van der Waals surface area contributed by atoms with Gasteiger partial charge in [0.1, 0.15) is 11.6 Å². The van der Waals surface area contributed by atoms with Gasteiger partial charge in [-0.05, 0) is 55.8 Å². The fourth-order valence-electron chi connectivity index (χ4n) is 5.24. The molecule has 5 rings (SSSR count). The van der Waals surface area contributed by atoms with E-state index in [4.69, 9.17) is 11.6 Å². The SMILES string of the molecule is O=C(Nc1ccc(O)c(Cl)c1)[C@@H]1CCN(CC(=O)N2C[C@@H]3C[C@H]2CN3c2cccc(F)c2)C1. The average Bonchev–Trinajstić information content (AvgIpc) is 3.52. The molecule has 3 aliphatic heterocycles. The molecule has 0 saturated carbocycles. The quantitative estimate of drug-likeness (QED) is 0.654. The number of carbonyl (C=O) groups excluding carboxylic acids is 2. The van der Waals surface area contributed by atoms with Crippen molar-refractivity contribution in [1.29, 1.82) is 0 Å². The van der Waals surface area contributed by atoms with Gasteiger partial charge in [-0.25, -0.2) is 4.39 Å². The van der Waals surface area contributed by atoms with Crippen molar-refractivity contribution in [3.63, 3.8) is 0 Å². The zero-order valence-corrected chi connectivity index (χ0v) is 18.8. The van der Waals surface area contributed by atoms with Crippen molar-refractivity contribution in [1.82, 2.24) is 9.80 Å². The first kappa shape index (κ1) is 22.0. The van der Waals surface area contributed by atoms with Crippen molar-refractivity contribution < 1.29 is 19.1 Å². The Morgan fingerprint density at radius 2 is 1.97 bits per heavy atom. The summed E-state index contributed by atoms with van der Waals surface area (Å²) in [6.45, 7) is 2.90. The molecular formula is C24H26ClFN4O3. The van der Waals surface area contributed by atoms with E-state index in [1.165, 1.54) is 18.2 Å². The molecule has 33 heavy (non-hydrogen) atoms. The predicted octanol–water partition coefficient (Wildman–Crippen LogP) is 2.93. The highest BCUT2D eigenvalue weighted by Gasteiger charge is 2.45. The zero-order valence-electron chi connectivity index (χ0n) is 18.1. The molecule has 7 nitrogen and oxygen atoms in total. The molecule has 2 aromatic carbocycles. The Kier molecular flexibility index (Phi) is 5.88. The van der Waals surface area contributed by atoms with E-state index in [0.29, 0.717) is 38.3 Å². The van der Waals surface area contributed by atoms with Crippen LogP contribution in [0, 0.1) is 11.7 Å². The maximum Gasteiger partial charge on any atom is 0.237 e. The third-order valence-corrected chi connectivity index (χ3v) is 7.22. The number of benzene rings is 2. The van der Waals surface area contributed by atoms with Crippen LogP contribution in [0.3, 0.4) is 0 Å². The standard InChI is InChI=1S/C24H26ClFN4O3/c25-21-9-17(4-5-22(21)31)27-24(33)15-6-7-28(11-15)14-23(32)30-13-19-10-20(30)12-29(19)18-3-1-2-16(26)8-18/h1-5,8-9,15,19-20,31H,6-7,10-14H2,(H,27,33)/t15-,19+,20+/m1/s1. The van der Waals surface area contributed by atoms with Gasteiger partial charge in [-0.15, -0.1) is 0 Å². The van der Waals surface area contributed by atoms with Crippen molar-refractivity contribution >= 4 is 34.8 Å². The number of phenols is 1. The predicted molar refractivity (Wildman–Crippen MR) is 124 cm³/mol. The number of anilines is 2. The highest BCUT2D eigenvalue weighted by atomic mass is 35.5. The van der Waals surface area contributed by atoms with Gasteiger partial charge in [-0.2, -0.15) is 0 Å². The topological polar surface area (TPSA) is 76.1 Å². The fourth-order valence-corrected chi connectivity index (χ4v) is 5.43. The Labute approximate surface area is 196 Å². The third-order valence-electron chi connectivity index (χ3n) is 6.92. The van der Waals surface area contributed by atoms with Gasteiger partial charge in [0.15, 0.2) is 0 Å². The molecule has 3 fully saturated rings. The summed E-state index contributed by atoms with van der Waals surface area (Å²) in [4.78, 5) is 31.8. The molecule has 2 N–H and O–H groups in total. The van der Waals surface area contributed by atoms with Crippen LogP contribution >= 0.6 is 11.6 Å². The number of phenolic OH excluding ortho intramolecular Hbond substituents is 1. The normalized spacial score (nSPS) is 24.5. The summed E-state index contributed by atoms with van der Waals surface area (Å²) >= 11 is 5.91. The maximum atomic E-state index is 13.6. The molecule has 2 amide bonds.